The number of rotatable bonds is 6. The van der Waals surface area contributed by atoms with Crippen molar-refractivity contribution in [3.8, 4) is 22.3 Å². The van der Waals surface area contributed by atoms with Gasteiger partial charge in [0.25, 0.3) is 0 Å². The lowest BCUT2D eigenvalue weighted by Gasteiger charge is -2.13. The van der Waals surface area contributed by atoms with Crippen LogP contribution in [0.4, 0.5) is 4.39 Å². The summed E-state index contributed by atoms with van der Waals surface area (Å²) in [4.78, 5) is 25.3. The third kappa shape index (κ3) is 5.47. The molecule has 4 aromatic rings. The van der Waals surface area contributed by atoms with Crippen LogP contribution in [0.2, 0.25) is 0 Å². The second kappa shape index (κ2) is 10.5. The second-order valence-electron chi connectivity index (χ2n) is 8.21. The van der Waals surface area contributed by atoms with Gasteiger partial charge in [0.1, 0.15) is 5.82 Å². The molecule has 0 bridgehead atoms. The molecule has 0 saturated carbocycles. The zero-order valence-corrected chi connectivity index (χ0v) is 21.1. The van der Waals surface area contributed by atoms with Gasteiger partial charge >= 0.3 is 0 Å². The summed E-state index contributed by atoms with van der Waals surface area (Å²) in [5, 5.41) is 1.69. The minimum atomic E-state index is -0.383. The van der Waals surface area contributed by atoms with Gasteiger partial charge in [-0.1, -0.05) is 67.8 Å². The van der Waals surface area contributed by atoms with E-state index in [-0.39, 0.29) is 16.0 Å². The molecule has 0 atom stereocenters. The first kappa shape index (κ1) is 24.7. The van der Waals surface area contributed by atoms with Crippen LogP contribution in [-0.2, 0) is 9.59 Å². The Morgan fingerprint density at radius 2 is 1.17 bits per heavy atom. The van der Waals surface area contributed by atoms with Gasteiger partial charge in [0, 0.05) is 15.4 Å². The van der Waals surface area contributed by atoms with Gasteiger partial charge in [-0.3, -0.25) is 9.59 Å². The van der Waals surface area contributed by atoms with Gasteiger partial charge in [-0.05, 0) is 100 Å². The van der Waals surface area contributed by atoms with Crippen LogP contribution in [0, 0.1) is 5.82 Å². The number of hydrogen-bond donors (Lipinski definition) is 0. The minimum Gasteiger partial charge on any atom is -0.282 e. The molecule has 0 fully saturated rings. The summed E-state index contributed by atoms with van der Waals surface area (Å²) < 4.78 is 15.2. The van der Waals surface area contributed by atoms with Crippen LogP contribution in [0.25, 0.3) is 33.0 Å². The normalized spacial score (nSPS) is 10.8. The monoisotopic (exact) mass is 498 g/mol. The van der Waals surface area contributed by atoms with E-state index >= 15 is 4.39 Å². The summed E-state index contributed by atoms with van der Waals surface area (Å²) in [6, 6.07) is 24.5. The van der Waals surface area contributed by atoms with Crippen molar-refractivity contribution in [2.45, 2.75) is 23.6 Å². The van der Waals surface area contributed by atoms with Crippen molar-refractivity contribution in [3.05, 3.63) is 109 Å². The van der Waals surface area contributed by atoms with Gasteiger partial charge in [-0.2, -0.15) is 0 Å². The van der Waals surface area contributed by atoms with Crippen LogP contribution in [-0.4, -0.2) is 10.2 Å². The van der Waals surface area contributed by atoms with Crippen LogP contribution < -0.4 is 0 Å². The van der Waals surface area contributed by atoms with E-state index in [9.17, 15) is 9.59 Å². The van der Waals surface area contributed by atoms with Crippen LogP contribution in [0.3, 0.4) is 0 Å². The Bertz CT molecular complexity index is 1490. The molecule has 0 radical (unpaired) electrons. The van der Waals surface area contributed by atoms with Gasteiger partial charge in [0.15, 0.2) is 0 Å². The van der Waals surface area contributed by atoms with E-state index in [0.717, 1.165) is 55.9 Å². The van der Waals surface area contributed by atoms with E-state index in [2.05, 4.69) is 13.2 Å². The van der Waals surface area contributed by atoms with E-state index in [1.54, 1.807) is 26.0 Å². The number of benzene rings is 4. The van der Waals surface area contributed by atoms with Crippen molar-refractivity contribution in [2.75, 3.05) is 0 Å². The van der Waals surface area contributed by atoms with Gasteiger partial charge in [0.2, 0.25) is 10.2 Å². The molecule has 35 heavy (non-hydrogen) atoms. The third-order valence-electron chi connectivity index (χ3n) is 5.44. The average Bonchev–Trinajstić information content (AvgIpc) is 2.84. The molecule has 0 heterocycles. The Kier molecular flexibility index (Phi) is 7.39. The molecule has 0 amide bonds. The smallest absolute Gasteiger partial charge is 0.219 e. The first-order valence-corrected chi connectivity index (χ1v) is 12.6. The van der Waals surface area contributed by atoms with Crippen molar-refractivity contribution in [3.63, 3.8) is 0 Å². The predicted molar refractivity (Wildman–Crippen MR) is 146 cm³/mol. The lowest BCUT2D eigenvalue weighted by atomic mass is 9.93. The molecular formula is C30H23FO2S2. The highest BCUT2D eigenvalue weighted by atomic mass is 32.2. The summed E-state index contributed by atoms with van der Waals surface area (Å²) in [7, 11) is 0. The van der Waals surface area contributed by atoms with Gasteiger partial charge in [-0.15, -0.1) is 0 Å². The summed E-state index contributed by atoms with van der Waals surface area (Å²) in [5.74, 6) is -0.383. The lowest BCUT2D eigenvalue weighted by Crippen LogP contribution is -1.93. The fourth-order valence-electron chi connectivity index (χ4n) is 3.67. The maximum atomic E-state index is 15.2. The standard InChI is InChI=1S/C30H23FO2S2/c1-18(2)29(32)34-21-13-11-20(12-14-21)23-7-5-9-25-24(23)8-6-10-26(25)27-16-15-22(17-28(27)31)35-30(33)19(3)4/h5-17H,1,3H2,2,4H3. The zero-order valence-electron chi connectivity index (χ0n) is 19.4. The number of halogens is 1. The summed E-state index contributed by atoms with van der Waals surface area (Å²) in [6.45, 7) is 10.7. The lowest BCUT2D eigenvalue weighted by molar-refractivity contribution is -0.108. The molecule has 5 heteroatoms. The summed E-state index contributed by atoms with van der Waals surface area (Å²) in [6.07, 6.45) is 0. The molecule has 174 valence electrons. The first-order valence-electron chi connectivity index (χ1n) is 10.9. The predicted octanol–water partition coefficient (Wildman–Crippen LogP) is 8.70. The Hall–Kier alpha value is -3.41. The summed E-state index contributed by atoms with van der Waals surface area (Å²) in [5.41, 5.74) is 4.23. The fraction of sp³-hybridized carbons (Fsp3) is 0.0667. The molecule has 0 aliphatic rings. The molecule has 0 aliphatic carbocycles. The van der Waals surface area contributed by atoms with Crippen LogP contribution in [0.1, 0.15) is 13.8 Å². The molecule has 2 nitrogen and oxygen atoms in total. The molecule has 0 aromatic heterocycles. The SMILES string of the molecule is C=C(C)C(=O)Sc1ccc(-c2cccc3c(-c4ccc(SC(=O)C(=C)C)cc4F)cccc23)cc1. The fourth-order valence-corrected chi connectivity index (χ4v) is 5.01. The molecule has 0 N–H and O–H groups in total. The van der Waals surface area contributed by atoms with Crippen molar-refractivity contribution < 1.29 is 14.0 Å². The molecular weight excluding hydrogens is 475 g/mol. The second-order valence-corrected chi connectivity index (χ2v) is 10.3. The largest absolute Gasteiger partial charge is 0.282 e. The third-order valence-corrected chi connectivity index (χ3v) is 7.50. The van der Waals surface area contributed by atoms with E-state index in [0.29, 0.717) is 21.6 Å². The maximum Gasteiger partial charge on any atom is 0.219 e. The number of carbonyl (C=O) groups is 2. The Morgan fingerprint density at radius 3 is 1.74 bits per heavy atom. The molecule has 0 aliphatic heterocycles. The van der Waals surface area contributed by atoms with E-state index in [4.69, 9.17) is 0 Å². The van der Waals surface area contributed by atoms with Crippen LogP contribution in [0.15, 0.2) is 113 Å². The number of carbonyl (C=O) groups excluding carboxylic acids is 2. The van der Waals surface area contributed by atoms with Crippen molar-refractivity contribution >= 4 is 44.5 Å². The molecule has 4 aromatic carbocycles. The van der Waals surface area contributed by atoms with Gasteiger partial charge in [0.05, 0.1) is 0 Å². The quantitative estimate of drug-likeness (QED) is 0.197. The highest BCUT2D eigenvalue weighted by molar-refractivity contribution is 8.14. The maximum absolute atomic E-state index is 15.2. The average molecular weight is 499 g/mol. The highest BCUT2D eigenvalue weighted by Gasteiger charge is 2.14. The molecule has 0 unspecified atom stereocenters. The van der Waals surface area contributed by atoms with Gasteiger partial charge < -0.3 is 0 Å². The number of fused-ring (bicyclic) bond motifs is 1. The van der Waals surface area contributed by atoms with E-state index in [1.165, 1.54) is 6.07 Å². The Morgan fingerprint density at radius 1 is 0.657 bits per heavy atom. The summed E-state index contributed by atoms with van der Waals surface area (Å²) >= 11 is 2.13. The Labute approximate surface area is 213 Å². The molecule has 4 rings (SSSR count). The number of thioether (sulfide) groups is 2. The minimum absolute atomic E-state index is 0.0528. The topological polar surface area (TPSA) is 34.1 Å². The van der Waals surface area contributed by atoms with E-state index < -0.39 is 0 Å². The van der Waals surface area contributed by atoms with Crippen LogP contribution in [0.5, 0.6) is 0 Å². The molecule has 0 saturated heterocycles. The number of hydrogen-bond acceptors (Lipinski definition) is 4. The highest BCUT2D eigenvalue weighted by Crippen LogP contribution is 2.37. The Balaban J connectivity index is 1.71. The van der Waals surface area contributed by atoms with Crippen molar-refractivity contribution in [2.24, 2.45) is 0 Å². The first-order chi connectivity index (χ1) is 16.7. The zero-order chi connectivity index (χ0) is 25.1. The van der Waals surface area contributed by atoms with Crippen LogP contribution >= 0.6 is 23.5 Å². The van der Waals surface area contributed by atoms with Crippen molar-refractivity contribution in [1.29, 1.82) is 0 Å². The van der Waals surface area contributed by atoms with E-state index in [1.807, 2.05) is 60.7 Å². The molecule has 0 spiro atoms. The van der Waals surface area contributed by atoms with Gasteiger partial charge in [-0.25, -0.2) is 4.39 Å². The van der Waals surface area contributed by atoms with Crippen molar-refractivity contribution in [1.82, 2.24) is 0 Å².